The summed E-state index contributed by atoms with van der Waals surface area (Å²) in [5.74, 6) is 1.13. The lowest BCUT2D eigenvalue weighted by molar-refractivity contribution is 0.00486. The van der Waals surface area contributed by atoms with Gasteiger partial charge in [-0.25, -0.2) is 15.0 Å². The van der Waals surface area contributed by atoms with E-state index in [4.69, 9.17) is 4.74 Å². The smallest absolute Gasteiger partial charge is 0.255 e. The number of rotatable bonds is 4. The lowest BCUT2D eigenvalue weighted by atomic mass is 10.0. The van der Waals surface area contributed by atoms with Crippen molar-refractivity contribution < 1.29 is 4.74 Å². The van der Waals surface area contributed by atoms with Crippen molar-refractivity contribution in [2.24, 2.45) is 13.0 Å². The Hall–Kier alpha value is -2.28. The monoisotopic (exact) mass is 329 g/mol. The number of nitrogens with zero attached hydrogens (tertiary/aromatic N) is 5. The molecule has 0 saturated carbocycles. The molecule has 2 atom stereocenters. The van der Waals surface area contributed by atoms with E-state index in [9.17, 15) is 4.79 Å². The molecule has 2 aromatic rings. The second kappa shape index (κ2) is 7.09. The third-order valence-electron chi connectivity index (χ3n) is 4.61. The Morgan fingerprint density at radius 1 is 1.42 bits per heavy atom. The molecule has 0 aromatic carbocycles. The minimum Gasteiger partial charge on any atom is -0.374 e. The fourth-order valence-corrected chi connectivity index (χ4v) is 2.85. The highest BCUT2D eigenvalue weighted by Crippen LogP contribution is 2.21. The van der Waals surface area contributed by atoms with E-state index in [0.717, 1.165) is 19.5 Å². The van der Waals surface area contributed by atoms with E-state index >= 15 is 0 Å². The molecule has 2 aromatic heterocycles. The molecule has 2 unspecified atom stereocenters. The molecule has 3 heterocycles. The quantitative estimate of drug-likeness (QED) is 0.846. The summed E-state index contributed by atoms with van der Waals surface area (Å²) in [5, 5.41) is 0. The van der Waals surface area contributed by atoms with Gasteiger partial charge in [0.2, 0.25) is 5.95 Å². The maximum absolute atomic E-state index is 12.4. The van der Waals surface area contributed by atoms with E-state index in [-0.39, 0.29) is 11.7 Å². The van der Waals surface area contributed by atoms with Crippen LogP contribution in [-0.4, -0.2) is 45.3 Å². The predicted molar refractivity (Wildman–Crippen MR) is 91.9 cm³/mol. The normalized spacial score (nSPS) is 19.3. The van der Waals surface area contributed by atoms with Gasteiger partial charge in [-0.15, -0.1) is 0 Å². The summed E-state index contributed by atoms with van der Waals surface area (Å²) in [6.07, 6.45) is 4.33. The van der Waals surface area contributed by atoms with Crippen LogP contribution in [0.25, 0.3) is 11.4 Å². The van der Waals surface area contributed by atoms with Crippen molar-refractivity contribution in [2.75, 3.05) is 24.6 Å². The Labute approximate surface area is 141 Å². The zero-order chi connectivity index (χ0) is 17.1. The fourth-order valence-electron chi connectivity index (χ4n) is 2.85. The molecule has 7 nitrogen and oxygen atoms in total. The van der Waals surface area contributed by atoms with Crippen LogP contribution in [0.4, 0.5) is 5.95 Å². The highest BCUT2D eigenvalue weighted by atomic mass is 16.5. The van der Waals surface area contributed by atoms with Gasteiger partial charge in [0.05, 0.1) is 24.1 Å². The van der Waals surface area contributed by atoms with Crippen LogP contribution in [0, 0.1) is 5.92 Å². The second-order valence-electron chi connectivity index (χ2n) is 6.17. The summed E-state index contributed by atoms with van der Waals surface area (Å²) in [6.45, 7) is 6.46. The van der Waals surface area contributed by atoms with Crippen molar-refractivity contribution in [3.63, 3.8) is 0 Å². The van der Waals surface area contributed by atoms with E-state index in [1.165, 1.54) is 12.4 Å². The second-order valence-corrected chi connectivity index (χ2v) is 6.17. The summed E-state index contributed by atoms with van der Waals surface area (Å²) in [6, 6.07) is 3.27. The van der Waals surface area contributed by atoms with Gasteiger partial charge in [-0.2, -0.15) is 0 Å². The van der Waals surface area contributed by atoms with Gasteiger partial charge < -0.3 is 9.64 Å². The van der Waals surface area contributed by atoms with Crippen molar-refractivity contribution in [3.8, 4) is 11.4 Å². The molecule has 1 saturated heterocycles. The topological polar surface area (TPSA) is 73.1 Å². The van der Waals surface area contributed by atoms with Crippen molar-refractivity contribution in [3.05, 3.63) is 35.0 Å². The van der Waals surface area contributed by atoms with E-state index < -0.39 is 0 Å². The zero-order valence-corrected chi connectivity index (χ0v) is 14.3. The first-order valence-electron chi connectivity index (χ1n) is 8.31. The maximum Gasteiger partial charge on any atom is 0.255 e. The van der Waals surface area contributed by atoms with Crippen LogP contribution < -0.4 is 10.5 Å². The fraction of sp³-hybridized carbons (Fsp3) is 0.529. The zero-order valence-electron chi connectivity index (χ0n) is 14.3. The van der Waals surface area contributed by atoms with Gasteiger partial charge in [0, 0.05) is 32.4 Å². The van der Waals surface area contributed by atoms with Crippen molar-refractivity contribution >= 4 is 5.95 Å². The van der Waals surface area contributed by atoms with Crippen molar-refractivity contribution in [2.45, 2.75) is 26.4 Å². The molecule has 0 spiro atoms. The Balaban J connectivity index is 1.95. The molecule has 1 aliphatic heterocycles. The summed E-state index contributed by atoms with van der Waals surface area (Å²) < 4.78 is 7.48. The van der Waals surface area contributed by atoms with E-state index in [2.05, 4.69) is 33.7 Å². The maximum atomic E-state index is 12.4. The van der Waals surface area contributed by atoms with Crippen LogP contribution in [0.1, 0.15) is 20.3 Å². The number of morpholine rings is 1. The molecule has 0 amide bonds. The van der Waals surface area contributed by atoms with Crippen molar-refractivity contribution in [1.29, 1.82) is 0 Å². The van der Waals surface area contributed by atoms with Gasteiger partial charge in [0.1, 0.15) is 6.33 Å². The summed E-state index contributed by atoms with van der Waals surface area (Å²) in [7, 11) is 1.75. The van der Waals surface area contributed by atoms with Crippen LogP contribution in [0.15, 0.2) is 29.5 Å². The minimum atomic E-state index is -0.0970. The molecular formula is C17H23N5O2. The third kappa shape index (κ3) is 3.31. The average Bonchev–Trinajstić information content (AvgIpc) is 2.64. The van der Waals surface area contributed by atoms with Gasteiger partial charge in [-0.3, -0.25) is 9.36 Å². The molecule has 24 heavy (non-hydrogen) atoms. The van der Waals surface area contributed by atoms with E-state index in [0.29, 0.717) is 29.9 Å². The van der Waals surface area contributed by atoms with Gasteiger partial charge >= 0.3 is 0 Å². The molecule has 7 heteroatoms. The molecule has 0 bridgehead atoms. The lowest BCUT2D eigenvalue weighted by Crippen LogP contribution is -2.47. The number of anilines is 1. The standard InChI is InChI=1S/C17H23N5O2/c1-4-12(2)15-10-22(7-8-24-15)17-20-14(9-16(23)21(17)3)13-5-6-18-11-19-13/h5-6,9,11-12,15H,4,7-8,10H2,1-3H3. The Morgan fingerprint density at radius 3 is 2.96 bits per heavy atom. The number of hydrogen-bond donors (Lipinski definition) is 0. The summed E-state index contributed by atoms with van der Waals surface area (Å²) in [4.78, 5) is 27.3. The minimum absolute atomic E-state index is 0.0970. The van der Waals surface area contributed by atoms with Crippen LogP contribution in [-0.2, 0) is 11.8 Å². The Kier molecular flexibility index (Phi) is 4.89. The average molecular weight is 329 g/mol. The van der Waals surface area contributed by atoms with E-state index in [1.807, 2.05) is 0 Å². The summed E-state index contributed by atoms with van der Waals surface area (Å²) >= 11 is 0. The molecule has 3 rings (SSSR count). The molecule has 128 valence electrons. The third-order valence-corrected chi connectivity index (χ3v) is 4.61. The van der Waals surface area contributed by atoms with Gasteiger partial charge in [-0.1, -0.05) is 20.3 Å². The van der Waals surface area contributed by atoms with Gasteiger partial charge in [-0.05, 0) is 12.0 Å². The SMILES string of the molecule is CCC(C)C1CN(c2nc(-c3ccncn3)cc(=O)n2C)CCO1. The molecule has 0 aliphatic carbocycles. The van der Waals surface area contributed by atoms with Gasteiger partial charge in [0.15, 0.2) is 0 Å². The first-order chi connectivity index (χ1) is 11.6. The largest absolute Gasteiger partial charge is 0.374 e. The number of aromatic nitrogens is 4. The summed E-state index contributed by atoms with van der Waals surface area (Å²) in [5.41, 5.74) is 1.12. The lowest BCUT2D eigenvalue weighted by Gasteiger charge is -2.36. The molecule has 0 radical (unpaired) electrons. The predicted octanol–water partition coefficient (Wildman–Crippen LogP) is 1.49. The first kappa shape index (κ1) is 16.6. The molecule has 1 fully saturated rings. The Morgan fingerprint density at radius 2 is 2.25 bits per heavy atom. The molecule has 0 N–H and O–H groups in total. The van der Waals surface area contributed by atoms with Gasteiger partial charge in [0.25, 0.3) is 5.56 Å². The molecular weight excluding hydrogens is 306 g/mol. The van der Waals surface area contributed by atoms with E-state index in [1.54, 1.807) is 23.9 Å². The van der Waals surface area contributed by atoms with Crippen LogP contribution in [0.5, 0.6) is 0 Å². The van der Waals surface area contributed by atoms with Crippen LogP contribution >= 0.6 is 0 Å². The first-order valence-corrected chi connectivity index (χ1v) is 8.31. The van der Waals surface area contributed by atoms with Crippen LogP contribution in [0.2, 0.25) is 0 Å². The number of ether oxygens (including phenoxy) is 1. The van der Waals surface area contributed by atoms with Crippen LogP contribution in [0.3, 0.4) is 0 Å². The van der Waals surface area contributed by atoms with Crippen molar-refractivity contribution in [1.82, 2.24) is 19.5 Å². The molecule has 1 aliphatic rings. The Bertz CT molecular complexity index is 746. The highest BCUT2D eigenvalue weighted by Gasteiger charge is 2.27. The highest BCUT2D eigenvalue weighted by molar-refractivity contribution is 5.55. The number of hydrogen-bond acceptors (Lipinski definition) is 6.